The van der Waals surface area contributed by atoms with Crippen molar-refractivity contribution < 1.29 is 24.9 Å². The van der Waals surface area contributed by atoms with Crippen LogP contribution in [0.1, 0.15) is 31.7 Å². The van der Waals surface area contributed by atoms with Crippen LogP contribution >= 0.6 is 23.5 Å². The van der Waals surface area contributed by atoms with Crippen molar-refractivity contribution in [3.63, 3.8) is 0 Å². The van der Waals surface area contributed by atoms with E-state index in [1.807, 2.05) is 24.3 Å². The highest BCUT2D eigenvalue weighted by molar-refractivity contribution is 8.01. The molecule has 0 spiro atoms. The van der Waals surface area contributed by atoms with Gasteiger partial charge in [-0.15, -0.1) is 11.8 Å². The molecule has 2 aromatic rings. The smallest absolute Gasteiger partial charge is 0.313 e. The SMILES string of the molecule is C[C@@](O)(C=C[C@H]1[C@H](O)CC(=O)[C@@H]1SCCCSCC(=O)O)CCc1cccc2ccccc12. The maximum atomic E-state index is 12.4. The molecule has 0 radical (unpaired) electrons. The normalized spacial score (nSPS) is 22.8. The van der Waals surface area contributed by atoms with Crippen molar-refractivity contribution in [3.8, 4) is 0 Å². The zero-order valence-electron chi connectivity index (χ0n) is 18.9. The van der Waals surface area contributed by atoms with Gasteiger partial charge in [0.15, 0.2) is 0 Å². The molecule has 7 heteroatoms. The molecule has 1 aliphatic rings. The number of aliphatic hydroxyl groups excluding tert-OH is 1. The van der Waals surface area contributed by atoms with Crippen molar-refractivity contribution in [3.05, 3.63) is 60.2 Å². The number of ketones is 1. The molecule has 3 rings (SSSR count). The minimum atomic E-state index is -1.05. The van der Waals surface area contributed by atoms with Gasteiger partial charge in [-0.2, -0.15) is 11.8 Å². The lowest BCUT2D eigenvalue weighted by atomic mass is 9.92. The third kappa shape index (κ3) is 7.60. The number of aliphatic carboxylic acids is 1. The number of carbonyl (C=O) groups is 2. The summed E-state index contributed by atoms with van der Waals surface area (Å²) in [6.07, 6.45) is 5.02. The number of hydrogen-bond donors (Lipinski definition) is 3. The fourth-order valence-electron chi connectivity index (χ4n) is 4.14. The monoisotopic (exact) mass is 488 g/mol. The Morgan fingerprint density at radius 1 is 1.18 bits per heavy atom. The summed E-state index contributed by atoms with van der Waals surface area (Å²) in [4.78, 5) is 23.0. The maximum Gasteiger partial charge on any atom is 0.313 e. The van der Waals surface area contributed by atoms with Crippen LogP contribution in [0.25, 0.3) is 10.8 Å². The molecule has 1 fully saturated rings. The Bertz CT molecular complexity index is 982. The Hall–Kier alpha value is -1.80. The molecule has 0 saturated heterocycles. The van der Waals surface area contributed by atoms with Crippen molar-refractivity contribution in [2.75, 3.05) is 17.3 Å². The first-order chi connectivity index (χ1) is 15.8. The first-order valence-corrected chi connectivity index (χ1v) is 13.5. The van der Waals surface area contributed by atoms with Gasteiger partial charge in [0.05, 0.1) is 22.7 Å². The van der Waals surface area contributed by atoms with E-state index in [4.69, 9.17) is 5.11 Å². The largest absolute Gasteiger partial charge is 0.481 e. The predicted molar refractivity (Wildman–Crippen MR) is 137 cm³/mol. The molecule has 0 heterocycles. The fourth-order valence-corrected chi connectivity index (χ4v) is 6.33. The molecule has 3 N–H and O–H groups in total. The van der Waals surface area contributed by atoms with Gasteiger partial charge in [0, 0.05) is 12.3 Å². The molecule has 2 aromatic carbocycles. The van der Waals surface area contributed by atoms with E-state index < -0.39 is 17.7 Å². The van der Waals surface area contributed by atoms with Crippen molar-refractivity contribution in [2.45, 2.75) is 49.6 Å². The number of rotatable bonds is 12. The number of carboxylic acid groups (broad SMARTS) is 1. The lowest BCUT2D eigenvalue weighted by Gasteiger charge is -2.22. The number of carboxylic acids is 1. The lowest BCUT2D eigenvalue weighted by Crippen LogP contribution is -2.25. The summed E-state index contributed by atoms with van der Waals surface area (Å²) in [5.74, 6) is 0.447. The van der Waals surface area contributed by atoms with Crippen molar-refractivity contribution in [2.24, 2.45) is 5.92 Å². The van der Waals surface area contributed by atoms with Crippen LogP contribution in [0.3, 0.4) is 0 Å². The minimum Gasteiger partial charge on any atom is -0.481 e. The second-order valence-electron chi connectivity index (χ2n) is 8.76. The van der Waals surface area contributed by atoms with Gasteiger partial charge >= 0.3 is 5.97 Å². The minimum absolute atomic E-state index is 0.0377. The highest BCUT2D eigenvalue weighted by Gasteiger charge is 2.40. The molecule has 0 amide bonds. The third-order valence-corrected chi connectivity index (χ3v) is 8.42. The molecular formula is C26H32O5S2. The zero-order valence-corrected chi connectivity index (χ0v) is 20.5. The molecule has 178 valence electrons. The Morgan fingerprint density at radius 2 is 1.94 bits per heavy atom. The number of aryl methyl sites for hydroxylation is 1. The van der Waals surface area contributed by atoms with Gasteiger partial charge in [-0.1, -0.05) is 54.6 Å². The van der Waals surface area contributed by atoms with Gasteiger partial charge in [0.2, 0.25) is 0 Å². The quantitative estimate of drug-likeness (QED) is 0.302. The zero-order chi connectivity index (χ0) is 23.8. The number of thioether (sulfide) groups is 2. The molecular weight excluding hydrogens is 456 g/mol. The van der Waals surface area contributed by atoms with Gasteiger partial charge in [0.25, 0.3) is 0 Å². The summed E-state index contributed by atoms with van der Waals surface area (Å²) in [5.41, 5.74) is 0.136. The molecule has 0 bridgehead atoms. The van der Waals surface area contributed by atoms with Crippen LogP contribution in [-0.2, 0) is 16.0 Å². The number of benzene rings is 2. The lowest BCUT2D eigenvalue weighted by molar-refractivity contribution is -0.133. The summed E-state index contributed by atoms with van der Waals surface area (Å²) in [6, 6.07) is 14.4. The van der Waals surface area contributed by atoms with Crippen LogP contribution in [0, 0.1) is 5.92 Å². The number of aliphatic hydroxyl groups is 2. The van der Waals surface area contributed by atoms with E-state index in [2.05, 4.69) is 24.3 Å². The second kappa shape index (κ2) is 12.1. The average molecular weight is 489 g/mol. The van der Waals surface area contributed by atoms with E-state index in [1.54, 1.807) is 13.0 Å². The highest BCUT2D eigenvalue weighted by atomic mass is 32.2. The van der Waals surface area contributed by atoms with Gasteiger partial charge < -0.3 is 15.3 Å². The number of carbonyl (C=O) groups excluding carboxylic acids is 1. The van der Waals surface area contributed by atoms with Gasteiger partial charge in [-0.25, -0.2) is 0 Å². The fraction of sp³-hybridized carbons (Fsp3) is 0.462. The van der Waals surface area contributed by atoms with Crippen LogP contribution in [0.2, 0.25) is 0 Å². The number of Topliss-reactive ketones (excluding diaryl/α,β-unsaturated/α-hetero) is 1. The number of fused-ring (bicyclic) bond motifs is 1. The van der Waals surface area contributed by atoms with Crippen LogP contribution in [0.15, 0.2) is 54.6 Å². The van der Waals surface area contributed by atoms with Crippen molar-refractivity contribution in [1.82, 2.24) is 0 Å². The predicted octanol–water partition coefficient (Wildman–Crippen LogP) is 4.34. The summed E-state index contributed by atoms with van der Waals surface area (Å²) in [5, 5.41) is 32.1. The van der Waals surface area contributed by atoms with E-state index in [0.29, 0.717) is 6.42 Å². The van der Waals surface area contributed by atoms with E-state index in [9.17, 15) is 19.8 Å². The van der Waals surface area contributed by atoms with Crippen LogP contribution in [0.5, 0.6) is 0 Å². The summed E-state index contributed by atoms with van der Waals surface area (Å²) in [7, 11) is 0. The van der Waals surface area contributed by atoms with Gasteiger partial charge in [0.1, 0.15) is 5.78 Å². The molecule has 1 saturated carbocycles. The third-order valence-electron chi connectivity index (χ3n) is 5.94. The summed E-state index contributed by atoms with van der Waals surface area (Å²) < 4.78 is 0. The average Bonchev–Trinajstić information content (AvgIpc) is 3.05. The topological polar surface area (TPSA) is 94.8 Å². The maximum absolute atomic E-state index is 12.4. The van der Waals surface area contributed by atoms with Gasteiger partial charge in [-0.3, -0.25) is 9.59 Å². The van der Waals surface area contributed by atoms with Crippen molar-refractivity contribution >= 4 is 46.0 Å². The Labute approximate surface area is 203 Å². The van der Waals surface area contributed by atoms with Crippen LogP contribution < -0.4 is 0 Å². The summed E-state index contributed by atoms with van der Waals surface area (Å²) >= 11 is 2.89. The Kier molecular flexibility index (Phi) is 9.44. The van der Waals surface area contributed by atoms with Crippen LogP contribution in [0.4, 0.5) is 0 Å². The summed E-state index contributed by atoms with van der Waals surface area (Å²) in [6.45, 7) is 1.76. The second-order valence-corrected chi connectivity index (χ2v) is 11.1. The molecule has 5 nitrogen and oxygen atoms in total. The van der Waals surface area contributed by atoms with E-state index in [0.717, 1.165) is 24.3 Å². The highest BCUT2D eigenvalue weighted by Crippen LogP contribution is 2.35. The molecule has 0 aliphatic heterocycles. The molecule has 0 unspecified atom stereocenters. The molecule has 1 aliphatic carbocycles. The van der Waals surface area contributed by atoms with Crippen molar-refractivity contribution in [1.29, 1.82) is 0 Å². The standard InChI is InChI=1S/C26H32O5S2/c1-26(31,12-10-19-8-4-7-18-6-2-3-9-20(18)19)13-11-21-22(27)16-23(28)25(21)33-15-5-14-32-17-24(29)30/h2-4,6-9,11,13,21-22,25,27,31H,5,10,12,14-17H2,1H3,(H,29,30)/t21-,22+,25+,26-/m0/s1. The van der Waals surface area contributed by atoms with Crippen LogP contribution in [-0.4, -0.2) is 61.3 Å². The van der Waals surface area contributed by atoms with Gasteiger partial charge in [-0.05, 0) is 54.0 Å². The molecule has 4 atom stereocenters. The Morgan fingerprint density at radius 3 is 2.73 bits per heavy atom. The molecule has 0 aromatic heterocycles. The number of hydrogen-bond acceptors (Lipinski definition) is 6. The van der Waals surface area contributed by atoms with E-state index in [1.165, 1.54) is 39.9 Å². The van der Waals surface area contributed by atoms with E-state index in [-0.39, 0.29) is 29.1 Å². The molecule has 33 heavy (non-hydrogen) atoms. The Balaban J connectivity index is 1.55. The van der Waals surface area contributed by atoms with E-state index >= 15 is 0 Å². The first kappa shape index (κ1) is 25.8. The first-order valence-electron chi connectivity index (χ1n) is 11.3.